The Bertz CT molecular complexity index is 772. The zero-order chi connectivity index (χ0) is 16.8. The fourth-order valence-corrected chi connectivity index (χ4v) is 2.74. The predicted octanol–water partition coefficient (Wildman–Crippen LogP) is 3.27. The van der Waals surface area contributed by atoms with E-state index in [0.29, 0.717) is 23.9 Å². The summed E-state index contributed by atoms with van der Waals surface area (Å²) < 4.78 is 10.9. The first kappa shape index (κ1) is 16.2. The van der Waals surface area contributed by atoms with Gasteiger partial charge in [-0.3, -0.25) is 4.79 Å². The molecule has 0 aliphatic heterocycles. The van der Waals surface area contributed by atoms with E-state index < -0.39 is 6.10 Å². The van der Waals surface area contributed by atoms with Gasteiger partial charge in [0.1, 0.15) is 5.75 Å². The minimum absolute atomic E-state index is 0.172. The number of ether oxygens (including phenoxy) is 1. The maximum atomic E-state index is 12.3. The number of benzene rings is 1. The standard InChI is InChI=1S/C17H17N3O3S/c1-2-13(22-12-7-4-3-5-8-12)17(21)18-11-15-19-16(20-23-15)14-9-6-10-24-14/h3-10,13H,2,11H2,1H3,(H,18,21)/t13-/m0/s1. The lowest BCUT2D eigenvalue weighted by Crippen LogP contribution is -2.37. The summed E-state index contributed by atoms with van der Waals surface area (Å²) in [6, 6.07) is 13.1. The number of nitrogens with one attached hydrogen (secondary N) is 1. The zero-order valence-corrected chi connectivity index (χ0v) is 14.0. The molecule has 6 nitrogen and oxygen atoms in total. The van der Waals surface area contributed by atoms with Gasteiger partial charge in [0.2, 0.25) is 11.7 Å². The van der Waals surface area contributed by atoms with Gasteiger partial charge >= 0.3 is 0 Å². The lowest BCUT2D eigenvalue weighted by Gasteiger charge is -2.16. The summed E-state index contributed by atoms with van der Waals surface area (Å²) in [5.41, 5.74) is 0. The molecule has 0 unspecified atom stereocenters. The van der Waals surface area contributed by atoms with E-state index in [-0.39, 0.29) is 12.5 Å². The van der Waals surface area contributed by atoms with Crippen LogP contribution in [0.5, 0.6) is 5.75 Å². The van der Waals surface area contributed by atoms with Gasteiger partial charge in [0.25, 0.3) is 5.91 Å². The number of carbonyl (C=O) groups excluding carboxylic acids is 1. The highest BCUT2D eigenvalue weighted by molar-refractivity contribution is 7.13. The summed E-state index contributed by atoms with van der Waals surface area (Å²) in [5.74, 6) is 1.35. The smallest absolute Gasteiger partial charge is 0.261 e. The van der Waals surface area contributed by atoms with E-state index in [0.717, 1.165) is 4.88 Å². The van der Waals surface area contributed by atoms with Crippen molar-refractivity contribution < 1.29 is 14.1 Å². The molecule has 0 radical (unpaired) electrons. The molecule has 3 aromatic rings. The molecule has 1 aromatic carbocycles. The van der Waals surface area contributed by atoms with Crippen molar-refractivity contribution in [3.63, 3.8) is 0 Å². The van der Waals surface area contributed by atoms with Gasteiger partial charge in [0, 0.05) is 0 Å². The zero-order valence-electron chi connectivity index (χ0n) is 13.1. The lowest BCUT2D eigenvalue weighted by atomic mass is 10.2. The maximum Gasteiger partial charge on any atom is 0.261 e. The van der Waals surface area contributed by atoms with Gasteiger partial charge < -0.3 is 14.6 Å². The van der Waals surface area contributed by atoms with E-state index in [1.54, 1.807) is 0 Å². The van der Waals surface area contributed by atoms with Crippen LogP contribution in [-0.4, -0.2) is 22.2 Å². The Morgan fingerprint density at radius 1 is 1.29 bits per heavy atom. The fraction of sp³-hybridized carbons (Fsp3) is 0.235. The van der Waals surface area contributed by atoms with Gasteiger partial charge in [-0.25, -0.2) is 0 Å². The van der Waals surface area contributed by atoms with E-state index in [1.165, 1.54) is 11.3 Å². The van der Waals surface area contributed by atoms with E-state index in [9.17, 15) is 4.79 Å². The summed E-state index contributed by atoms with van der Waals surface area (Å²) in [6.07, 6.45) is -0.00236. The van der Waals surface area contributed by atoms with Crippen LogP contribution >= 0.6 is 11.3 Å². The molecule has 7 heteroatoms. The average molecular weight is 343 g/mol. The van der Waals surface area contributed by atoms with Crippen molar-refractivity contribution >= 4 is 17.2 Å². The molecule has 0 aliphatic carbocycles. The molecule has 24 heavy (non-hydrogen) atoms. The molecule has 0 saturated carbocycles. The number of para-hydroxylation sites is 1. The Morgan fingerprint density at radius 2 is 2.12 bits per heavy atom. The first-order valence-corrected chi connectivity index (χ1v) is 8.50. The quantitative estimate of drug-likeness (QED) is 0.712. The van der Waals surface area contributed by atoms with E-state index >= 15 is 0 Å². The first-order valence-electron chi connectivity index (χ1n) is 7.62. The molecule has 0 saturated heterocycles. The van der Waals surface area contributed by atoms with Crippen LogP contribution in [0.15, 0.2) is 52.4 Å². The van der Waals surface area contributed by atoms with Gasteiger partial charge in [-0.2, -0.15) is 4.98 Å². The number of thiophene rings is 1. The number of nitrogens with zero attached hydrogens (tertiary/aromatic N) is 2. The van der Waals surface area contributed by atoms with Crippen molar-refractivity contribution in [2.24, 2.45) is 0 Å². The molecule has 0 bridgehead atoms. The van der Waals surface area contributed by atoms with Crippen molar-refractivity contribution in [3.05, 3.63) is 53.7 Å². The third-order valence-electron chi connectivity index (χ3n) is 3.31. The monoisotopic (exact) mass is 343 g/mol. The van der Waals surface area contributed by atoms with Crippen LogP contribution < -0.4 is 10.1 Å². The largest absolute Gasteiger partial charge is 0.481 e. The van der Waals surface area contributed by atoms with Gasteiger partial charge in [-0.05, 0) is 30.0 Å². The van der Waals surface area contributed by atoms with Crippen LogP contribution in [0, 0.1) is 0 Å². The Morgan fingerprint density at radius 3 is 2.83 bits per heavy atom. The second-order valence-corrected chi connectivity index (χ2v) is 5.98. The number of aromatic nitrogens is 2. The van der Waals surface area contributed by atoms with Gasteiger partial charge in [-0.15, -0.1) is 11.3 Å². The highest BCUT2D eigenvalue weighted by Crippen LogP contribution is 2.21. The van der Waals surface area contributed by atoms with Crippen molar-refractivity contribution in [1.29, 1.82) is 0 Å². The predicted molar refractivity (Wildman–Crippen MR) is 90.6 cm³/mol. The molecule has 0 aliphatic rings. The third-order valence-corrected chi connectivity index (χ3v) is 4.17. The minimum Gasteiger partial charge on any atom is -0.481 e. The number of amides is 1. The lowest BCUT2D eigenvalue weighted by molar-refractivity contribution is -0.128. The Labute approximate surface area is 143 Å². The summed E-state index contributed by atoms with van der Waals surface area (Å²) in [4.78, 5) is 17.5. The molecule has 124 valence electrons. The molecule has 2 heterocycles. The number of carbonyl (C=O) groups is 1. The van der Waals surface area contributed by atoms with Gasteiger partial charge in [-0.1, -0.05) is 36.3 Å². The Balaban J connectivity index is 1.56. The summed E-state index contributed by atoms with van der Waals surface area (Å²) in [7, 11) is 0. The van der Waals surface area contributed by atoms with E-state index in [4.69, 9.17) is 9.26 Å². The van der Waals surface area contributed by atoms with Gasteiger partial charge in [0.15, 0.2) is 6.10 Å². The normalized spacial score (nSPS) is 11.9. The topological polar surface area (TPSA) is 77.2 Å². The number of rotatable bonds is 7. The van der Waals surface area contributed by atoms with Crippen molar-refractivity contribution in [1.82, 2.24) is 15.5 Å². The molecule has 3 rings (SSSR count). The molecule has 0 spiro atoms. The molecular formula is C17H17N3O3S. The average Bonchev–Trinajstić information content (AvgIpc) is 3.29. The number of hydrogen-bond donors (Lipinski definition) is 1. The van der Waals surface area contributed by atoms with Crippen molar-refractivity contribution in [3.8, 4) is 16.5 Å². The fourth-order valence-electron chi connectivity index (χ4n) is 2.09. The van der Waals surface area contributed by atoms with Crippen LogP contribution in [0.3, 0.4) is 0 Å². The number of hydrogen-bond acceptors (Lipinski definition) is 6. The highest BCUT2D eigenvalue weighted by atomic mass is 32.1. The Hall–Kier alpha value is -2.67. The second-order valence-electron chi connectivity index (χ2n) is 5.03. The molecule has 0 fully saturated rings. The van der Waals surface area contributed by atoms with E-state index in [2.05, 4.69) is 15.5 Å². The molecule has 2 aromatic heterocycles. The van der Waals surface area contributed by atoms with Crippen LogP contribution in [0.4, 0.5) is 0 Å². The van der Waals surface area contributed by atoms with Crippen molar-refractivity contribution in [2.75, 3.05) is 0 Å². The van der Waals surface area contributed by atoms with E-state index in [1.807, 2.05) is 54.8 Å². The summed E-state index contributed by atoms with van der Waals surface area (Å²) >= 11 is 1.53. The highest BCUT2D eigenvalue weighted by Gasteiger charge is 2.19. The molecule has 1 atom stereocenters. The first-order chi connectivity index (χ1) is 11.8. The maximum absolute atomic E-state index is 12.3. The second kappa shape index (κ2) is 7.74. The molecular weight excluding hydrogens is 326 g/mol. The van der Waals surface area contributed by atoms with Crippen LogP contribution in [0.1, 0.15) is 19.2 Å². The van der Waals surface area contributed by atoms with Crippen molar-refractivity contribution in [2.45, 2.75) is 26.0 Å². The van der Waals surface area contributed by atoms with Crippen LogP contribution in [0.2, 0.25) is 0 Å². The molecule has 1 N–H and O–H groups in total. The minimum atomic E-state index is -0.563. The SMILES string of the molecule is CC[C@H](Oc1ccccc1)C(=O)NCc1nc(-c2cccs2)no1. The summed E-state index contributed by atoms with van der Waals surface area (Å²) in [6.45, 7) is 2.07. The summed E-state index contributed by atoms with van der Waals surface area (Å²) in [5, 5.41) is 8.63. The Kier molecular flexibility index (Phi) is 5.22. The van der Waals surface area contributed by atoms with Crippen LogP contribution in [0.25, 0.3) is 10.7 Å². The molecule has 1 amide bonds. The van der Waals surface area contributed by atoms with Crippen LogP contribution in [-0.2, 0) is 11.3 Å². The third kappa shape index (κ3) is 3.99. The van der Waals surface area contributed by atoms with Gasteiger partial charge in [0.05, 0.1) is 11.4 Å².